The summed E-state index contributed by atoms with van der Waals surface area (Å²) in [7, 11) is 0. The lowest BCUT2D eigenvalue weighted by Gasteiger charge is -1.95. The van der Waals surface area contributed by atoms with Crippen LogP contribution in [-0.2, 0) is 4.79 Å². The molecule has 0 saturated heterocycles. The van der Waals surface area contributed by atoms with Gasteiger partial charge in [0.2, 0.25) is 0 Å². The molecule has 0 aromatic rings. The number of aldehydes is 1. The van der Waals surface area contributed by atoms with E-state index in [2.05, 4.69) is 0 Å². The topological polar surface area (TPSA) is 17.1 Å². The van der Waals surface area contributed by atoms with Crippen LogP contribution in [0.4, 0.5) is 8.78 Å². The van der Waals surface area contributed by atoms with Crippen molar-refractivity contribution in [2.45, 2.75) is 19.3 Å². The third-order valence-corrected chi connectivity index (χ3v) is 1.56. The molecule has 0 amide bonds. The van der Waals surface area contributed by atoms with E-state index in [1.807, 2.05) is 0 Å². The minimum Gasteiger partial charge on any atom is -0.303 e. The Hall–Kier alpha value is -0.470. The first-order valence-electron chi connectivity index (χ1n) is 2.36. The summed E-state index contributed by atoms with van der Waals surface area (Å²) >= 11 is 0. The smallest absolute Gasteiger partial charge is 0.261 e. The Balaban J connectivity index is 2.68. The van der Waals surface area contributed by atoms with Gasteiger partial charge >= 0.3 is 0 Å². The molecule has 0 aliphatic heterocycles. The number of hydrogen-bond acceptors (Lipinski definition) is 1. The summed E-state index contributed by atoms with van der Waals surface area (Å²) in [5, 5.41) is 0. The maximum Gasteiger partial charge on any atom is 0.261 e. The molecule has 1 atom stereocenters. The largest absolute Gasteiger partial charge is 0.303 e. The van der Waals surface area contributed by atoms with Crippen LogP contribution in [0.3, 0.4) is 0 Å². The number of alkyl halides is 2. The normalized spacial score (nSPS) is 41.4. The summed E-state index contributed by atoms with van der Waals surface area (Å²) < 4.78 is 23.9. The highest BCUT2D eigenvalue weighted by molar-refractivity contribution is 5.66. The number of carbonyl (C=O) groups excluding carboxylic acids is 1. The van der Waals surface area contributed by atoms with E-state index >= 15 is 0 Å². The molecule has 46 valence electrons. The molecule has 0 N–H and O–H groups in total. The van der Waals surface area contributed by atoms with E-state index in [0.29, 0.717) is 6.29 Å². The number of carbonyl (C=O) groups is 1. The first-order chi connectivity index (χ1) is 3.52. The summed E-state index contributed by atoms with van der Waals surface area (Å²) in [5.41, 5.74) is -1.33. The molecule has 0 radical (unpaired) electrons. The predicted octanol–water partition coefficient (Wildman–Crippen LogP) is 1.23. The van der Waals surface area contributed by atoms with E-state index in [1.165, 1.54) is 6.92 Å². The molecule has 0 aromatic carbocycles. The second-order valence-electron chi connectivity index (χ2n) is 2.42. The maximum absolute atomic E-state index is 11.9. The van der Waals surface area contributed by atoms with Gasteiger partial charge in [-0.3, -0.25) is 0 Å². The fourth-order valence-electron chi connectivity index (χ4n) is 0.545. The quantitative estimate of drug-likeness (QED) is 0.475. The predicted molar refractivity (Wildman–Crippen MR) is 23.7 cm³/mol. The molecule has 3 heteroatoms. The zero-order valence-electron chi connectivity index (χ0n) is 4.45. The summed E-state index contributed by atoms with van der Waals surface area (Å²) in [6.07, 6.45) is 0.0521. The Kier molecular flexibility index (Phi) is 0.772. The Morgan fingerprint density at radius 2 is 2.00 bits per heavy atom. The summed E-state index contributed by atoms with van der Waals surface area (Å²) in [6.45, 7) is 1.26. The standard InChI is InChI=1S/C5H6F2O/c1-4(3-8)2-5(4,6)7/h3H,2H2,1H3. The monoisotopic (exact) mass is 120 g/mol. The molecule has 0 aromatic heterocycles. The van der Waals surface area contributed by atoms with Crippen molar-refractivity contribution in [2.75, 3.05) is 0 Å². The van der Waals surface area contributed by atoms with Crippen LogP contribution in [0.15, 0.2) is 0 Å². The first kappa shape index (κ1) is 5.66. The van der Waals surface area contributed by atoms with Crippen LogP contribution < -0.4 is 0 Å². The molecule has 8 heavy (non-hydrogen) atoms. The van der Waals surface area contributed by atoms with Crippen molar-refractivity contribution in [3.05, 3.63) is 0 Å². The lowest BCUT2D eigenvalue weighted by molar-refractivity contribution is -0.114. The minimum absolute atomic E-state index is 0.274. The van der Waals surface area contributed by atoms with Crippen molar-refractivity contribution in [1.82, 2.24) is 0 Å². The van der Waals surface area contributed by atoms with Crippen LogP contribution >= 0.6 is 0 Å². The van der Waals surface area contributed by atoms with Crippen molar-refractivity contribution < 1.29 is 13.6 Å². The third-order valence-electron chi connectivity index (χ3n) is 1.56. The molecule has 1 fully saturated rings. The van der Waals surface area contributed by atoms with Gasteiger partial charge in [-0.05, 0) is 6.92 Å². The number of hydrogen-bond donors (Lipinski definition) is 0. The maximum atomic E-state index is 11.9. The Morgan fingerprint density at radius 3 is 2.00 bits per heavy atom. The van der Waals surface area contributed by atoms with Crippen molar-refractivity contribution in [2.24, 2.45) is 5.41 Å². The molecule has 1 nitrogen and oxygen atoms in total. The van der Waals surface area contributed by atoms with Gasteiger partial charge in [0.15, 0.2) is 0 Å². The van der Waals surface area contributed by atoms with Crippen LogP contribution in [0.25, 0.3) is 0 Å². The highest BCUT2D eigenvalue weighted by Crippen LogP contribution is 2.58. The van der Waals surface area contributed by atoms with Crippen molar-refractivity contribution in [3.63, 3.8) is 0 Å². The van der Waals surface area contributed by atoms with Crippen LogP contribution in [0.5, 0.6) is 0 Å². The van der Waals surface area contributed by atoms with Gasteiger partial charge in [0.1, 0.15) is 6.29 Å². The summed E-state index contributed by atoms with van der Waals surface area (Å²) in [4.78, 5) is 9.82. The highest BCUT2D eigenvalue weighted by atomic mass is 19.3. The van der Waals surface area contributed by atoms with Crippen LogP contribution in [0, 0.1) is 5.41 Å². The van der Waals surface area contributed by atoms with Gasteiger partial charge in [0, 0.05) is 6.42 Å². The Morgan fingerprint density at radius 1 is 1.62 bits per heavy atom. The van der Waals surface area contributed by atoms with Crippen molar-refractivity contribution >= 4 is 6.29 Å². The SMILES string of the molecule is CC1(C=O)CC1(F)F. The van der Waals surface area contributed by atoms with Crippen LogP contribution in [-0.4, -0.2) is 12.2 Å². The number of rotatable bonds is 1. The van der Waals surface area contributed by atoms with E-state index in [4.69, 9.17) is 0 Å². The average molecular weight is 120 g/mol. The summed E-state index contributed by atoms with van der Waals surface area (Å²) in [6, 6.07) is 0. The summed E-state index contributed by atoms with van der Waals surface area (Å²) in [5.74, 6) is -2.71. The van der Waals surface area contributed by atoms with Gasteiger partial charge in [0.05, 0.1) is 5.41 Å². The van der Waals surface area contributed by atoms with Gasteiger partial charge in [-0.15, -0.1) is 0 Å². The van der Waals surface area contributed by atoms with Crippen molar-refractivity contribution in [3.8, 4) is 0 Å². The van der Waals surface area contributed by atoms with E-state index < -0.39 is 11.3 Å². The molecule has 0 spiro atoms. The average Bonchev–Trinajstić information content (AvgIpc) is 2.10. The van der Waals surface area contributed by atoms with E-state index in [-0.39, 0.29) is 6.42 Å². The molecule has 1 aliphatic carbocycles. The molecular formula is C5H6F2O. The molecule has 1 aliphatic rings. The first-order valence-corrected chi connectivity index (χ1v) is 2.36. The Bertz CT molecular complexity index is 132. The molecule has 1 saturated carbocycles. The lowest BCUT2D eigenvalue weighted by atomic mass is 10.2. The van der Waals surface area contributed by atoms with Gasteiger partial charge in [-0.2, -0.15) is 0 Å². The fourth-order valence-corrected chi connectivity index (χ4v) is 0.545. The number of halogens is 2. The third kappa shape index (κ3) is 0.471. The second kappa shape index (κ2) is 1.09. The lowest BCUT2D eigenvalue weighted by Crippen LogP contribution is -2.06. The van der Waals surface area contributed by atoms with E-state index in [1.54, 1.807) is 0 Å². The van der Waals surface area contributed by atoms with Gasteiger partial charge in [-0.25, -0.2) is 8.78 Å². The zero-order valence-corrected chi connectivity index (χ0v) is 4.45. The molecule has 1 rings (SSSR count). The molecular weight excluding hydrogens is 114 g/mol. The molecule has 0 bridgehead atoms. The van der Waals surface area contributed by atoms with Crippen LogP contribution in [0.2, 0.25) is 0 Å². The van der Waals surface area contributed by atoms with Crippen LogP contribution in [0.1, 0.15) is 13.3 Å². The van der Waals surface area contributed by atoms with Gasteiger partial charge < -0.3 is 4.79 Å². The molecule has 1 unspecified atom stereocenters. The van der Waals surface area contributed by atoms with Gasteiger partial charge in [-0.1, -0.05) is 0 Å². The van der Waals surface area contributed by atoms with E-state index in [9.17, 15) is 13.6 Å². The second-order valence-corrected chi connectivity index (χ2v) is 2.42. The van der Waals surface area contributed by atoms with E-state index in [0.717, 1.165) is 0 Å². The highest BCUT2D eigenvalue weighted by Gasteiger charge is 2.68. The van der Waals surface area contributed by atoms with Gasteiger partial charge in [0.25, 0.3) is 5.92 Å². The van der Waals surface area contributed by atoms with Crippen molar-refractivity contribution in [1.29, 1.82) is 0 Å². The zero-order chi connectivity index (χ0) is 6.41. The Labute approximate surface area is 45.7 Å². The molecule has 0 heterocycles. The minimum atomic E-state index is -2.71. The fraction of sp³-hybridized carbons (Fsp3) is 0.800.